The molecule has 0 radical (unpaired) electrons. The highest BCUT2D eigenvalue weighted by molar-refractivity contribution is 7.89. The molecule has 1 spiro atoms. The number of piperidine rings is 2. The smallest absolute Gasteiger partial charge is 0.323 e. The summed E-state index contributed by atoms with van der Waals surface area (Å²) in [6.45, 7) is 4.72. The van der Waals surface area contributed by atoms with Crippen LogP contribution in [0, 0.1) is 0 Å². The van der Waals surface area contributed by atoms with E-state index in [2.05, 4.69) is 22.3 Å². The second-order valence-corrected chi connectivity index (χ2v) is 11.1. The maximum absolute atomic E-state index is 13.4. The SMILES string of the molecule is CCS(=O)(=O)N1CCC[C@@H](N2C(=O)NC3(CCN(CCc4ccccc4)CC3)C2=O)C1. The van der Waals surface area contributed by atoms with Crippen molar-refractivity contribution in [3.63, 3.8) is 0 Å². The third-order valence-electron chi connectivity index (χ3n) is 6.94. The molecule has 8 nitrogen and oxygen atoms in total. The lowest BCUT2D eigenvalue weighted by atomic mass is 9.87. The standard InChI is InChI=1S/C22H32N4O4S/c1-2-31(29,30)25-13-6-9-19(17-25)26-20(27)22(23-21(26)28)11-15-24(16-12-22)14-10-18-7-4-3-5-8-18/h3-5,7-8,19H,2,6,9-17H2,1H3,(H,23,28)/t19-/m1/s1. The van der Waals surface area contributed by atoms with Crippen LogP contribution in [0.25, 0.3) is 0 Å². The van der Waals surface area contributed by atoms with E-state index in [9.17, 15) is 18.0 Å². The molecule has 3 saturated heterocycles. The van der Waals surface area contributed by atoms with Gasteiger partial charge < -0.3 is 10.2 Å². The second-order valence-electron chi connectivity index (χ2n) is 8.82. The van der Waals surface area contributed by atoms with E-state index >= 15 is 0 Å². The summed E-state index contributed by atoms with van der Waals surface area (Å²) < 4.78 is 26.0. The Kier molecular flexibility index (Phi) is 6.37. The monoisotopic (exact) mass is 448 g/mol. The fourth-order valence-corrected chi connectivity index (χ4v) is 6.14. The van der Waals surface area contributed by atoms with Crippen molar-refractivity contribution in [2.45, 2.75) is 50.6 Å². The summed E-state index contributed by atoms with van der Waals surface area (Å²) in [5, 5.41) is 2.97. The Balaban J connectivity index is 1.37. The van der Waals surface area contributed by atoms with E-state index in [0.717, 1.165) is 26.1 Å². The zero-order chi connectivity index (χ0) is 22.1. The molecule has 4 rings (SSSR count). The van der Waals surface area contributed by atoms with Crippen molar-refractivity contribution < 1.29 is 18.0 Å². The molecule has 3 aliphatic heterocycles. The minimum absolute atomic E-state index is 0.0304. The van der Waals surface area contributed by atoms with Crippen LogP contribution in [-0.2, 0) is 21.2 Å². The third-order valence-corrected chi connectivity index (χ3v) is 8.79. The molecule has 1 aromatic carbocycles. The summed E-state index contributed by atoms with van der Waals surface area (Å²) >= 11 is 0. The van der Waals surface area contributed by atoms with E-state index in [1.165, 1.54) is 14.8 Å². The number of nitrogens with zero attached hydrogens (tertiary/aromatic N) is 3. The van der Waals surface area contributed by atoms with E-state index in [4.69, 9.17) is 0 Å². The Morgan fingerprint density at radius 2 is 1.81 bits per heavy atom. The minimum Gasteiger partial charge on any atom is -0.323 e. The van der Waals surface area contributed by atoms with Crippen LogP contribution in [0.1, 0.15) is 38.2 Å². The summed E-state index contributed by atoms with van der Waals surface area (Å²) in [7, 11) is -3.33. The minimum atomic E-state index is -3.33. The molecule has 0 saturated carbocycles. The Morgan fingerprint density at radius 1 is 1.10 bits per heavy atom. The molecule has 1 aromatic rings. The van der Waals surface area contributed by atoms with Gasteiger partial charge in [0.2, 0.25) is 10.0 Å². The quantitative estimate of drug-likeness (QED) is 0.665. The van der Waals surface area contributed by atoms with Gasteiger partial charge in [0.1, 0.15) is 5.54 Å². The highest BCUT2D eigenvalue weighted by Crippen LogP contribution is 2.32. The number of urea groups is 1. The molecule has 3 fully saturated rings. The van der Waals surface area contributed by atoms with Crippen molar-refractivity contribution in [2.75, 3.05) is 38.5 Å². The fraction of sp³-hybridized carbons (Fsp3) is 0.636. The first-order valence-corrected chi connectivity index (χ1v) is 12.9. The molecule has 1 N–H and O–H groups in total. The lowest BCUT2D eigenvalue weighted by Crippen LogP contribution is -2.56. The van der Waals surface area contributed by atoms with E-state index in [0.29, 0.717) is 32.2 Å². The third kappa shape index (κ3) is 4.49. The summed E-state index contributed by atoms with van der Waals surface area (Å²) in [6.07, 6.45) is 3.44. The van der Waals surface area contributed by atoms with Crippen molar-refractivity contribution in [3.05, 3.63) is 35.9 Å². The molecule has 9 heteroatoms. The molecule has 0 bridgehead atoms. The van der Waals surface area contributed by atoms with E-state index in [-0.39, 0.29) is 24.2 Å². The molecular weight excluding hydrogens is 416 g/mol. The van der Waals surface area contributed by atoms with Crippen LogP contribution < -0.4 is 5.32 Å². The summed E-state index contributed by atoms with van der Waals surface area (Å²) in [6, 6.07) is 9.57. The second kappa shape index (κ2) is 8.88. The average molecular weight is 449 g/mol. The van der Waals surface area contributed by atoms with Crippen molar-refractivity contribution in [2.24, 2.45) is 0 Å². The molecule has 3 amide bonds. The number of imide groups is 1. The van der Waals surface area contributed by atoms with Gasteiger partial charge >= 0.3 is 6.03 Å². The van der Waals surface area contributed by atoms with Gasteiger partial charge in [-0.05, 0) is 44.6 Å². The van der Waals surface area contributed by atoms with Gasteiger partial charge in [-0.3, -0.25) is 9.69 Å². The molecule has 31 heavy (non-hydrogen) atoms. The average Bonchev–Trinajstić information content (AvgIpc) is 3.03. The number of amides is 3. The molecule has 3 heterocycles. The molecule has 0 aromatic heterocycles. The summed E-state index contributed by atoms with van der Waals surface area (Å²) in [5.41, 5.74) is 0.453. The number of carbonyl (C=O) groups is 2. The van der Waals surface area contributed by atoms with Gasteiger partial charge in [0.05, 0.1) is 11.8 Å². The van der Waals surface area contributed by atoms with Gasteiger partial charge in [-0.1, -0.05) is 30.3 Å². The van der Waals surface area contributed by atoms with Gasteiger partial charge in [0, 0.05) is 32.7 Å². The van der Waals surface area contributed by atoms with Crippen LogP contribution in [0.2, 0.25) is 0 Å². The van der Waals surface area contributed by atoms with E-state index in [1.54, 1.807) is 6.92 Å². The number of carbonyl (C=O) groups excluding carboxylic acids is 2. The lowest BCUT2D eigenvalue weighted by Gasteiger charge is -2.38. The predicted molar refractivity (Wildman–Crippen MR) is 118 cm³/mol. The summed E-state index contributed by atoms with van der Waals surface area (Å²) in [4.78, 5) is 29.8. The first-order chi connectivity index (χ1) is 14.8. The first kappa shape index (κ1) is 22.2. The number of rotatable bonds is 6. The van der Waals surface area contributed by atoms with E-state index < -0.39 is 21.6 Å². The molecule has 3 aliphatic rings. The van der Waals surface area contributed by atoms with Crippen LogP contribution in [0.15, 0.2) is 30.3 Å². The zero-order valence-electron chi connectivity index (χ0n) is 18.1. The number of sulfonamides is 1. The maximum atomic E-state index is 13.4. The Labute approximate surface area is 184 Å². The molecule has 0 unspecified atom stereocenters. The van der Waals surface area contributed by atoms with Crippen molar-refractivity contribution in [3.8, 4) is 0 Å². The number of benzene rings is 1. The molecular formula is C22H32N4O4S. The first-order valence-electron chi connectivity index (χ1n) is 11.2. The number of likely N-dealkylation sites (tertiary alicyclic amines) is 1. The van der Waals surface area contributed by atoms with Crippen LogP contribution in [-0.4, -0.2) is 84.5 Å². The normalized spacial score (nSPS) is 25.2. The number of hydrogen-bond donors (Lipinski definition) is 1. The highest BCUT2D eigenvalue weighted by atomic mass is 32.2. The van der Waals surface area contributed by atoms with Crippen LogP contribution in [0.5, 0.6) is 0 Å². The van der Waals surface area contributed by atoms with Gasteiger partial charge in [-0.25, -0.2) is 13.2 Å². The Morgan fingerprint density at radius 3 is 2.48 bits per heavy atom. The molecule has 0 aliphatic carbocycles. The van der Waals surface area contributed by atoms with Crippen molar-refractivity contribution in [1.29, 1.82) is 0 Å². The van der Waals surface area contributed by atoms with Gasteiger partial charge in [-0.15, -0.1) is 0 Å². The van der Waals surface area contributed by atoms with Crippen LogP contribution in [0.4, 0.5) is 4.79 Å². The number of nitrogens with one attached hydrogen (secondary N) is 1. The van der Waals surface area contributed by atoms with Crippen molar-refractivity contribution >= 4 is 22.0 Å². The zero-order valence-corrected chi connectivity index (χ0v) is 18.9. The van der Waals surface area contributed by atoms with Gasteiger partial charge in [0.25, 0.3) is 5.91 Å². The van der Waals surface area contributed by atoms with Gasteiger partial charge in [-0.2, -0.15) is 4.31 Å². The maximum Gasteiger partial charge on any atom is 0.325 e. The molecule has 1 atom stereocenters. The van der Waals surface area contributed by atoms with Crippen LogP contribution >= 0.6 is 0 Å². The highest BCUT2D eigenvalue weighted by Gasteiger charge is 2.54. The van der Waals surface area contributed by atoms with Crippen LogP contribution in [0.3, 0.4) is 0 Å². The number of hydrogen-bond acceptors (Lipinski definition) is 5. The Hall–Kier alpha value is -1.97. The molecule has 170 valence electrons. The Bertz CT molecular complexity index is 913. The topological polar surface area (TPSA) is 90.0 Å². The van der Waals surface area contributed by atoms with Crippen molar-refractivity contribution in [1.82, 2.24) is 19.4 Å². The predicted octanol–water partition coefficient (Wildman–Crippen LogP) is 1.43. The van der Waals surface area contributed by atoms with E-state index in [1.807, 2.05) is 18.2 Å². The summed E-state index contributed by atoms with van der Waals surface area (Å²) in [5.74, 6) is -0.149. The lowest BCUT2D eigenvalue weighted by molar-refractivity contribution is -0.135. The van der Waals surface area contributed by atoms with Gasteiger partial charge in [0.15, 0.2) is 0 Å². The fourth-order valence-electron chi connectivity index (χ4n) is 4.97. The largest absolute Gasteiger partial charge is 0.325 e.